The predicted octanol–water partition coefficient (Wildman–Crippen LogP) is 3.90. The number of aromatic nitrogens is 3. The summed E-state index contributed by atoms with van der Waals surface area (Å²) in [5.74, 6) is -0.931. The molecule has 0 aliphatic heterocycles. The van der Waals surface area contributed by atoms with Crippen LogP contribution >= 0.6 is 11.6 Å². The Morgan fingerprint density at radius 1 is 1.38 bits per heavy atom. The second kappa shape index (κ2) is 5.46. The number of benzene rings is 1. The molecule has 0 radical (unpaired) electrons. The number of pyridine rings is 1. The highest BCUT2D eigenvalue weighted by Gasteiger charge is 2.24. The van der Waals surface area contributed by atoms with Gasteiger partial charge in [-0.25, -0.2) is 4.79 Å². The molecule has 0 spiro atoms. The molecule has 5 nitrogen and oxygen atoms in total. The van der Waals surface area contributed by atoms with Crippen LogP contribution in [0.1, 0.15) is 34.2 Å². The number of nitrogens with zero attached hydrogens (tertiary/aromatic N) is 3. The van der Waals surface area contributed by atoms with E-state index in [0.717, 1.165) is 34.3 Å². The number of carboxylic acids is 1. The molecule has 120 valence electrons. The molecule has 4 rings (SSSR count). The molecule has 1 aliphatic rings. The van der Waals surface area contributed by atoms with Gasteiger partial charge in [0.25, 0.3) is 0 Å². The minimum Gasteiger partial charge on any atom is -0.478 e. The highest BCUT2D eigenvalue weighted by atomic mass is 35.5. The lowest BCUT2D eigenvalue weighted by atomic mass is 10.0. The molecule has 0 saturated carbocycles. The monoisotopic (exact) mass is 339 g/mol. The largest absolute Gasteiger partial charge is 0.478 e. The van der Waals surface area contributed by atoms with E-state index in [1.54, 1.807) is 6.07 Å². The Bertz CT molecular complexity index is 1020. The van der Waals surface area contributed by atoms with Crippen LogP contribution in [0.2, 0.25) is 5.02 Å². The quantitative estimate of drug-likeness (QED) is 0.785. The van der Waals surface area contributed by atoms with Gasteiger partial charge in [-0.05, 0) is 48.4 Å². The molecule has 3 aromatic rings. The van der Waals surface area contributed by atoms with Crippen molar-refractivity contribution in [3.63, 3.8) is 0 Å². The first-order chi connectivity index (χ1) is 11.6. The van der Waals surface area contributed by atoms with E-state index in [4.69, 9.17) is 16.7 Å². The topological polar surface area (TPSA) is 68.0 Å². The maximum atomic E-state index is 11.4. The van der Waals surface area contributed by atoms with Crippen molar-refractivity contribution < 1.29 is 9.90 Å². The van der Waals surface area contributed by atoms with Crippen LogP contribution in [-0.2, 0) is 13.0 Å². The average molecular weight is 340 g/mol. The normalized spacial score (nSPS) is 13.2. The van der Waals surface area contributed by atoms with Crippen LogP contribution in [0.4, 0.5) is 0 Å². The van der Waals surface area contributed by atoms with Crippen LogP contribution in [0.25, 0.3) is 22.6 Å². The highest BCUT2D eigenvalue weighted by molar-refractivity contribution is 6.31. The minimum absolute atomic E-state index is 0.300. The summed E-state index contributed by atoms with van der Waals surface area (Å²) in [7, 11) is 0. The van der Waals surface area contributed by atoms with Gasteiger partial charge in [0.15, 0.2) is 0 Å². The Hall–Kier alpha value is -2.66. The summed E-state index contributed by atoms with van der Waals surface area (Å²) in [6, 6.07) is 7.25. The van der Waals surface area contributed by atoms with Crippen LogP contribution in [0.15, 0.2) is 30.5 Å². The number of rotatable bonds is 3. The second-order valence-electron chi connectivity index (χ2n) is 5.70. The molecule has 0 saturated heterocycles. The third kappa shape index (κ3) is 2.20. The molecule has 0 fully saturated rings. The van der Waals surface area contributed by atoms with Crippen molar-refractivity contribution in [2.45, 2.75) is 19.9 Å². The van der Waals surface area contributed by atoms with Gasteiger partial charge in [-0.1, -0.05) is 11.6 Å². The Morgan fingerprint density at radius 3 is 2.96 bits per heavy atom. The highest BCUT2D eigenvalue weighted by Crippen LogP contribution is 2.35. The maximum absolute atomic E-state index is 11.4. The third-order valence-electron chi connectivity index (χ3n) is 4.32. The number of halogens is 1. The van der Waals surface area contributed by atoms with Crippen LogP contribution in [0, 0.1) is 0 Å². The van der Waals surface area contributed by atoms with Gasteiger partial charge < -0.3 is 5.11 Å². The van der Waals surface area contributed by atoms with E-state index in [9.17, 15) is 9.90 Å². The molecule has 2 aromatic heterocycles. The lowest BCUT2D eigenvalue weighted by Gasteiger charge is -2.03. The maximum Gasteiger partial charge on any atom is 0.336 e. The molecule has 1 aromatic carbocycles. The van der Waals surface area contributed by atoms with Crippen LogP contribution in [-0.4, -0.2) is 25.8 Å². The first-order valence-corrected chi connectivity index (χ1v) is 8.04. The van der Waals surface area contributed by atoms with Crippen molar-refractivity contribution in [2.75, 3.05) is 0 Å². The minimum atomic E-state index is -0.931. The van der Waals surface area contributed by atoms with Crippen LogP contribution in [0.3, 0.4) is 0 Å². The Morgan fingerprint density at radius 2 is 2.21 bits per heavy atom. The van der Waals surface area contributed by atoms with E-state index in [1.165, 1.54) is 6.20 Å². The van der Waals surface area contributed by atoms with Crippen molar-refractivity contribution in [1.29, 1.82) is 0 Å². The number of carboxylic acid groups (broad SMARTS) is 1. The van der Waals surface area contributed by atoms with Gasteiger partial charge in [-0.3, -0.25) is 9.67 Å². The zero-order valence-electron chi connectivity index (χ0n) is 13.0. The smallest absolute Gasteiger partial charge is 0.336 e. The number of fused-ring (bicyclic) bond motifs is 2. The van der Waals surface area contributed by atoms with Crippen molar-refractivity contribution >= 4 is 40.1 Å². The van der Waals surface area contributed by atoms with Gasteiger partial charge in [-0.15, -0.1) is 0 Å². The van der Waals surface area contributed by atoms with Gasteiger partial charge in [-0.2, -0.15) is 5.10 Å². The first-order valence-electron chi connectivity index (χ1n) is 7.66. The summed E-state index contributed by atoms with van der Waals surface area (Å²) < 4.78 is 1.91. The Balaban J connectivity index is 1.86. The van der Waals surface area contributed by atoms with Crippen LogP contribution in [0.5, 0.6) is 0 Å². The fraction of sp³-hybridized carbons (Fsp3) is 0.167. The molecule has 0 unspecified atom stereocenters. The SMILES string of the molecule is CCn1nc(C2=Cc3nccc(C(=O)O)c3C2)c2ccc(Cl)cc21. The summed E-state index contributed by atoms with van der Waals surface area (Å²) in [5.41, 5.74) is 4.56. The first kappa shape index (κ1) is 14.9. The fourth-order valence-electron chi connectivity index (χ4n) is 3.20. The summed E-state index contributed by atoms with van der Waals surface area (Å²) in [6.45, 7) is 2.76. The number of carbonyl (C=O) groups is 1. The Kier molecular flexibility index (Phi) is 3.39. The summed E-state index contributed by atoms with van der Waals surface area (Å²) in [4.78, 5) is 15.7. The zero-order valence-corrected chi connectivity index (χ0v) is 13.7. The molecule has 2 heterocycles. The van der Waals surface area contributed by atoms with E-state index in [-0.39, 0.29) is 0 Å². The summed E-state index contributed by atoms with van der Waals surface area (Å²) >= 11 is 6.11. The third-order valence-corrected chi connectivity index (χ3v) is 4.55. The zero-order chi connectivity index (χ0) is 16.8. The van der Waals surface area contributed by atoms with E-state index in [0.29, 0.717) is 22.7 Å². The van der Waals surface area contributed by atoms with E-state index >= 15 is 0 Å². The van der Waals surface area contributed by atoms with Gasteiger partial charge in [0, 0.05) is 29.6 Å². The molecule has 1 N–H and O–H groups in total. The van der Waals surface area contributed by atoms with Crippen molar-refractivity contribution in [3.8, 4) is 0 Å². The van der Waals surface area contributed by atoms with Gasteiger partial charge in [0.2, 0.25) is 0 Å². The molecule has 0 bridgehead atoms. The molecule has 0 amide bonds. The van der Waals surface area contributed by atoms with Gasteiger partial charge in [0.05, 0.1) is 22.5 Å². The van der Waals surface area contributed by atoms with E-state index < -0.39 is 5.97 Å². The fourth-order valence-corrected chi connectivity index (χ4v) is 3.37. The molecule has 1 aliphatic carbocycles. The predicted molar refractivity (Wildman–Crippen MR) is 93.2 cm³/mol. The van der Waals surface area contributed by atoms with Crippen molar-refractivity contribution in [2.24, 2.45) is 0 Å². The molecule has 6 heteroatoms. The molecule has 24 heavy (non-hydrogen) atoms. The number of aryl methyl sites for hydroxylation is 1. The van der Waals surface area contributed by atoms with Crippen molar-refractivity contribution in [3.05, 3.63) is 58.0 Å². The lowest BCUT2D eigenvalue weighted by molar-refractivity contribution is 0.0695. The Labute approximate surface area is 143 Å². The number of hydrogen-bond donors (Lipinski definition) is 1. The number of allylic oxidation sites excluding steroid dienone is 1. The van der Waals surface area contributed by atoms with Gasteiger partial charge >= 0.3 is 5.97 Å². The summed E-state index contributed by atoms with van der Waals surface area (Å²) in [6.07, 6.45) is 3.98. The van der Waals surface area contributed by atoms with E-state index in [1.807, 2.05) is 35.9 Å². The molecular weight excluding hydrogens is 326 g/mol. The number of aromatic carboxylic acids is 1. The standard InChI is InChI=1S/C18H14ClN3O2/c1-2-22-16-9-11(19)3-4-13(16)17(21-22)10-7-14-12(18(23)24)5-6-20-15(14)8-10/h3-6,8-9H,2,7H2,1H3,(H,23,24). The molecule has 0 atom stereocenters. The average Bonchev–Trinajstić information content (AvgIpc) is 3.14. The summed E-state index contributed by atoms with van der Waals surface area (Å²) in [5, 5.41) is 15.7. The second-order valence-corrected chi connectivity index (χ2v) is 6.14. The van der Waals surface area contributed by atoms with Crippen molar-refractivity contribution in [1.82, 2.24) is 14.8 Å². The molecular formula is C18H14ClN3O2. The van der Waals surface area contributed by atoms with Crippen LogP contribution < -0.4 is 0 Å². The lowest BCUT2D eigenvalue weighted by Crippen LogP contribution is -2.03. The van der Waals surface area contributed by atoms with Gasteiger partial charge in [0.1, 0.15) is 0 Å². The number of hydrogen-bond acceptors (Lipinski definition) is 3. The van der Waals surface area contributed by atoms with E-state index in [2.05, 4.69) is 4.98 Å².